The summed E-state index contributed by atoms with van der Waals surface area (Å²) in [7, 11) is 2.19. The minimum atomic E-state index is -0.942. The number of carboxylic acid groups (broad SMARTS) is 1. The van der Waals surface area contributed by atoms with E-state index >= 15 is 0 Å². The number of hydrogen-bond donors (Lipinski definition) is 1. The van der Waals surface area contributed by atoms with E-state index in [1.165, 1.54) is 38.9 Å². The summed E-state index contributed by atoms with van der Waals surface area (Å²) in [5.41, 5.74) is 10.2. The summed E-state index contributed by atoms with van der Waals surface area (Å²) in [6.45, 7) is 5.63. The van der Waals surface area contributed by atoms with Gasteiger partial charge < -0.3 is 14.6 Å². The maximum absolute atomic E-state index is 11.4. The lowest BCUT2D eigenvalue weighted by molar-refractivity contribution is -0.149. The molecular weight excluding hydrogens is 510 g/mol. The summed E-state index contributed by atoms with van der Waals surface area (Å²) in [5, 5.41) is 9.37. The summed E-state index contributed by atoms with van der Waals surface area (Å²) in [4.78, 5) is 13.8. The van der Waals surface area contributed by atoms with Gasteiger partial charge in [-0.1, -0.05) is 78.4 Å². The third-order valence-corrected chi connectivity index (χ3v) is 7.95. The first kappa shape index (κ1) is 28.6. The van der Waals surface area contributed by atoms with Gasteiger partial charge in [0.2, 0.25) is 0 Å². The van der Waals surface area contributed by atoms with Crippen molar-refractivity contribution in [2.75, 3.05) is 26.8 Å². The van der Waals surface area contributed by atoms with Gasteiger partial charge >= 0.3 is 5.97 Å². The van der Waals surface area contributed by atoms with Crippen molar-refractivity contribution >= 4 is 5.97 Å². The maximum Gasteiger partial charge on any atom is 0.333 e. The number of likely N-dealkylation sites (N-methyl/N-ethyl adjacent to an activating group) is 1. The van der Waals surface area contributed by atoms with Crippen LogP contribution in [-0.2, 0) is 28.8 Å². The van der Waals surface area contributed by atoms with Gasteiger partial charge in [-0.15, -0.1) is 0 Å². The average molecular weight is 550 g/mol. The number of rotatable bonds is 11. The molecule has 4 aromatic carbocycles. The molecule has 2 unspecified atom stereocenters. The summed E-state index contributed by atoms with van der Waals surface area (Å²) < 4.78 is 11.5. The fourth-order valence-corrected chi connectivity index (χ4v) is 5.81. The Labute approximate surface area is 243 Å². The van der Waals surface area contributed by atoms with Crippen LogP contribution >= 0.6 is 0 Å². The predicted octanol–water partition coefficient (Wildman–Crippen LogP) is 6.89. The molecule has 0 bridgehead atoms. The largest absolute Gasteiger partial charge is 0.492 e. The summed E-state index contributed by atoms with van der Waals surface area (Å²) in [6.07, 6.45) is 1.56. The van der Waals surface area contributed by atoms with Crippen LogP contribution in [0.25, 0.3) is 11.1 Å². The van der Waals surface area contributed by atoms with Crippen LogP contribution in [-0.4, -0.2) is 48.9 Å². The molecule has 41 heavy (non-hydrogen) atoms. The molecule has 0 radical (unpaired) electrons. The molecule has 0 saturated carbocycles. The van der Waals surface area contributed by atoms with Crippen molar-refractivity contribution in [1.82, 2.24) is 4.90 Å². The van der Waals surface area contributed by atoms with Gasteiger partial charge in [0.1, 0.15) is 12.4 Å². The van der Waals surface area contributed by atoms with E-state index in [1.54, 1.807) is 6.92 Å². The van der Waals surface area contributed by atoms with Crippen molar-refractivity contribution < 1.29 is 19.4 Å². The quantitative estimate of drug-likeness (QED) is 0.221. The maximum atomic E-state index is 11.4. The SMILES string of the molecule is CCOC(Cc1ccc(OCCN(C)C2c3ccc(C)cc3CCc3ccc(-c4ccccc4)cc32)cc1)C(=O)O. The Morgan fingerprint density at radius 3 is 2.39 bits per heavy atom. The highest BCUT2D eigenvalue weighted by Crippen LogP contribution is 2.38. The summed E-state index contributed by atoms with van der Waals surface area (Å²) >= 11 is 0. The minimum Gasteiger partial charge on any atom is -0.492 e. The number of fused-ring (bicyclic) bond motifs is 2. The number of aryl methyl sites for hydroxylation is 3. The van der Waals surface area contributed by atoms with Gasteiger partial charge in [0, 0.05) is 19.6 Å². The second-order valence-corrected chi connectivity index (χ2v) is 10.8. The summed E-state index contributed by atoms with van der Waals surface area (Å²) in [6, 6.07) is 32.2. The van der Waals surface area contributed by atoms with E-state index in [2.05, 4.69) is 85.6 Å². The molecule has 0 saturated heterocycles. The third kappa shape index (κ3) is 6.87. The second-order valence-electron chi connectivity index (χ2n) is 10.8. The molecule has 5 nitrogen and oxygen atoms in total. The number of ether oxygens (including phenoxy) is 2. The number of aliphatic carboxylic acids is 1. The minimum absolute atomic E-state index is 0.129. The standard InChI is InChI=1S/C36H39NO4/c1-4-40-34(36(38)39)23-26-11-17-31(18-12-26)41-21-20-37(3)35-32-19-10-25(2)22-30(32)16-14-28-13-15-29(24-33(28)35)27-8-6-5-7-9-27/h5-13,15,17-19,22,24,34-35H,4,14,16,20-21,23H2,1-3H3,(H,38,39). The molecule has 1 aliphatic rings. The van der Waals surface area contributed by atoms with Gasteiger partial charge in [0.15, 0.2) is 6.10 Å². The normalized spacial score (nSPS) is 15.1. The Balaban J connectivity index is 1.33. The molecule has 0 spiro atoms. The topological polar surface area (TPSA) is 59.0 Å². The lowest BCUT2D eigenvalue weighted by Gasteiger charge is -2.31. The fraction of sp³-hybridized carbons (Fsp3) is 0.306. The fourth-order valence-electron chi connectivity index (χ4n) is 5.81. The Hall–Kier alpha value is -3.93. The van der Waals surface area contributed by atoms with Crippen LogP contribution in [0.15, 0.2) is 91.0 Å². The number of nitrogens with zero attached hydrogens (tertiary/aromatic N) is 1. The Morgan fingerprint density at radius 1 is 0.902 bits per heavy atom. The first-order valence-electron chi connectivity index (χ1n) is 14.5. The molecule has 0 aliphatic heterocycles. The van der Waals surface area contributed by atoms with Crippen LogP contribution < -0.4 is 4.74 Å². The van der Waals surface area contributed by atoms with Gasteiger partial charge in [-0.2, -0.15) is 0 Å². The zero-order valence-corrected chi connectivity index (χ0v) is 24.2. The van der Waals surface area contributed by atoms with E-state index in [4.69, 9.17) is 9.47 Å². The van der Waals surface area contributed by atoms with Gasteiger partial charge in [0.25, 0.3) is 0 Å². The first-order valence-corrected chi connectivity index (χ1v) is 14.5. The highest BCUT2D eigenvalue weighted by molar-refractivity contribution is 5.72. The van der Waals surface area contributed by atoms with Crippen molar-refractivity contribution in [3.63, 3.8) is 0 Å². The van der Waals surface area contributed by atoms with Crippen LogP contribution in [0.5, 0.6) is 5.75 Å². The van der Waals surface area contributed by atoms with Crippen LogP contribution in [0, 0.1) is 6.92 Å². The molecule has 0 fully saturated rings. The third-order valence-electron chi connectivity index (χ3n) is 7.95. The number of benzene rings is 4. The first-order chi connectivity index (χ1) is 19.9. The molecule has 212 valence electrons. The van der Waals surface area contributed by atoms with E-state index in [9.17, 15) is 9.90 Å². The van der Waals surface area contributed by atoms with E-state index < -0.39 is 12.1 Å². The Bertz CT molecular complexity index is 1470. The average Bonchev–Trinajstić information content (AvgIpc) is 3.14. The van der Waals surface area contributed by atoms with Crippen molar-refractivity contribution in [2.45, 2.75) is 45.3 Å². The number of carbonyl (C=O) groups is 1. The van der Waals surface area contributed by atoms with Gasteiger partial charge in [0.05, 0.1) is 6.04 Å². The predicted molar refractivity (Wildman–Crippen MR) is 164 cm³/mol. The molecule has 0 amide bonds. The second kappa shape index (κ2) is 13.2. The summed E-state index contributed by atoms with van der Waals surface area (Å²) in [5.74, 6) is -0.169. The van der Waals surface area contributed by atoms with E-state index in [0.29, 0.717) is 19.6 Å². The number of hydrogen-bond acceptors (Lipinski definition) is 4. The lowest BCUT2D eigenvalue weighted by Crippen LogP contribution is -2.30. The highest BCUT2D eigenvalue weighted by Gasteiger charge is 2.27. The van der Waals surface area contributed by atoms with Gasteiger partial charge in [-0.05, 0) is 90.9 Å². The molecule has 2 atom stereocenters. The highest BCUT2D eigenvalue weighted by atomic mass is 16.5. The monoisotopic (exact) mass is 549 g/mol. The van der Waals surface area contributed by atoms with Crippen LogP contribution in [0.4, 0.5) is 0 Å². The molecule has 5 rings (SSSR count). The molecule has 1 aliphatic carbocycles. The zero-order chi connectivity index (χ0) is 28.8. The molecule has 4 aromatic rings. The molecule has 1 N–H and O–H groups in total. The van der Waals surface area contributed by atoms with Crippen molar-refractivity contribution in [3.05, 3.63) is 124 Å². The van der Waals surface area contributed by atoms with E-state index in [-0.39, 0.29) is 6.04 Å². The Morgan fingerprint density at radius 2 is 1.66 bits per heavy atom. The number of carboxylic acids is 1. The van der Waals surface area contributed by atoms with Crippen LogP contribution in [0.3, 0.4) is 0 Å². The van der Waals surface area contributed by atoms with Crippen molar-refractivity contribution in [2.24, 2.45) is 0 Å². The lowest BCUT2D eigenvalue weighted by atomic mass is 9.90. The van der Waals surface area contributed by atoms with Crippen LogP contribution in [0.1, 0.15) is 46.3 Å². The zero-order valence-electron chi connectivity index (χ0n) is 24.2. The van der Waals surface area contributed by atoms with E-state index in [1.807, 2.05) is 24.3 Å². The van der Waals surface area contributed by atoms with Crippen molar-refractivity contribution in [3.8, 4) is 16.9 Å². The Kier molecular flexibility index (Phi) is 9.17. The van der Waals surface area contributed by atoms with Crippen LogP contribution in [0.2, 0.25) is 0 Å². The van der Waals surface area contributed by atoms with Gasteiger partial charge in [-0.25, -0.2) is 4.79 Å². The molecule has 0 heterocycles. The molecular formula is C36H39NO4. The smallest absolute Gasteiger partial charge is 0.333 e. The van der Waals surface area contributed by atoms with E-state index in [0.717, 1.165) is 30.7 Å². The molecule has 0 aromatic heterocycles. The van der Waals surface area contributed by atoms with Gasteiger partial charge in [-0.3, -0.25) is 4.90 Å². The van der Waals surface area contributed by atoms with Crippen molar-refractivity contribution in [1.29, 1.82) is 0 Å². The molecule has 5 heteroatoms.